The number of hydrogen-bond acceptors (Lipinski definition) is 1. The highest BCUT2D eigenvalue weighted by molar-refractivity contribution is 5.32. The van der Waals surface area contributed by atoms with Crippen LogP contribution in [0.3, 0.4) is 0 Å². The zero-order valence-corrected chi connectivity index (χ0v) is 12.9. The van der Waals surface area contributed by atoms with Crippen molar-refractivity contribution in [2.45, 2.75) is 39.0 Å². The van der Waals surface area contributed by atoms with Gasteiger partial charge < -0.3 is 4.74 Å². The van der Waals surface area contributed by atoms with Gasteiger partial charge in [-0.2, -0.15) is 13.2 Å². The molecule has 0 fully saturated rings. The third kappa shape index (κ3) is 4.26. The molecule has 1 nitrogen and oxygen atoms in total. The van der Waals surface area contributed by atoms with Crippen LogP contribution < -0.4 is 4.74 Å². The molecule has 0 spiro atoms. The van der Waals surface area contributed by atoms with Crippen LogP contribution in [-0.2, 0) is 18.2 Å². The van der Waals surface area contributed by atoms with Gasteiger partial charge in [-0.05, 0) is 40.8 Å². The van der Waals surface area contributed by atoms with E-state index < -0.39 is 11.7 Å². The quantitative estimate of drug-likeness (QED) is 0.719. The van der Waals surface area contributed by atoms with Gasteiger partial charge in [-0.1, -0.05) is 45.0 Å². The average molecular weight is 308 g/mol. The van der Waals surface area contributed by atoms with Crippen LogP contribution in [0.5, 0.6) is 5.75 Å². The molecule has 4 heteroatoms. The maximum absolute atomic E-state index is 12.6. The minimum absolute atomic E-state index is 0.0551. The lowest BCUT2D eigenvalue weighted by atomic mass is 9.87. The van der Waals surface area contributed by atoms with E-state index in [1.54, 1.807) is 6.07 Å². The first-order valence-corrected chi connectivity index (χ1v) is 7.06. The van der Waals surface area contributed by atoms with Crippen molar-refractivity contribution >= 4 is 0 Å². The summed E-state index contributed by atoms with van der Waals surface area (Å²) in [6, 6.07) is 12.8. The zero-order valence-electron chi connectivity index (χ0n) is 12.9. The second-order valence-corrected chi connectivity index (χ2v) is 6.26. The Balaban J connectivity index is 2.04. The van der Waals surface area contributed by atoms with E-state index >= 15 is 0 Å². The van der Waals surface area contributed by atoms with E-state index in [-0.39, 0.29) is 12.0 Å². The van der Waals surface area contributed by atoms with Gasteiger partial charge in [-0.3, -0.25) is 0 Å². The summed E-state index contributed by atoms with van der Waals surface area (Å²) in [5, 5.41) is 0. The summed E-state index contributed by atoms with van der Waals surface area (Å²) in [6.07, 6.45) is -4.33. The molecule has 2 aromatic carbocycles. The van der Waals surface area contributed by atoms with Crippen LogP contribution in [0, 0.1) is 0 Å². The summed E-state index contributed by atoms with van der Waals surface area (Å²) in [7, 11) is 0. The van der Waals surface area contributed by atoms with E-state index in [9.17, 15) is 13.2 Å². The van der Waals surface area contributed by atoms with E-state index in [2.05, 4.69) is 20.8 Å². The third-order valence-corrected chi connectivity index (χ3v) is 3.38. The summed E-state index contributed by atoms with van der Waals surface area (Å²) < 4.78 is 43.5. The first-order chi connectivity index (χ1) is 10.2. The molecule has 22 heavy (non-hydrogen) atoms. The van der Waals surface area contributed by atoms with Gasteiger partial charge in [0.25, 0.3) is 0 Å². The lowest BCUT2D eigenvalue weighted by molar-refractivity contribution is -0.137. The van der Waals surface area contributed by atoms with Gasteiger partial charge in [-0.15, -0.1) is 0 Å². The summed E-state index contributed by atoms with van der Waals surface area (Å²) in [5.74, 6) is 0.644. The summed E-state index contributed by atoms with van der Waals surface area (Å²) in [5.41, 5.74) is 1.07. The smallest absolute Gasteiger partial charge is 0.416 e. The highest BCUT2D eigenvalue weighted by atomic mass is 19.4. The number of benzene rings is 2. The Morgan fingerprint density at radius 3 is 2.05 bits per heavy atom. The van der Waals surface area contributed by atoms with Crippen molar-refractivity contribution in [1.82, 2.24) is 0 Å². The standard InChI is InChI=1S/C18H19F3O/c1-17(2,3)14-7-9-16(10-8-14)22-12-13-5-4-6-15(11-13)18(19,20)21/h4-11H,12H2,1-3H3. The van der Waals surface area contributed by atoms with Gasteiger partial charge in [0, 0.05) is 0 Å². The largest absolute Gasteiger partial charge is 0.489 e. The van der Waals surface area contributed by atoms with E-state index in [1.165, 1.54) is 11.6 Å². The SMILES string of the molecule is CC(C)(C)c1ccc(OCc2cccc(C(F)(F)F)c2)cc1. The number of rotatable bonds is 3. The van der Waals surface area contributed by atoms with Crippen molar-refractivity contribution in [3.8, 4) is 5.75 Å². The first-order valence-electron chi connectivity index (χ1n) is 7.06. The van der Waals surface area contributed by atoms with E-state index in [4.69, 9.17) is 4.74 Å². The fourth-order valence-electron chi connectivity index (χ4n) is 2.06. The summed E-state index contributed by atoms with van der Waals surface area (Å²) >= 11 is 0. The number of halogens is 3. The molecule has 0 saturated heterocycles. The monoisotopic (exact) mass is 308 g/mol. The Hall–Kier alpha value is -1.97. The second kappa shape index (κ2) is 6.03. The van der Waals surface area contributed by atoms with Crippen LogP contribution in [0.15, 0.2) is 48.5 Å². The van der Waals surface area contributed by atoms with E-state index in [0.717, 1.165) is 12.1 Å². The normalized spacial score (nSPS) is 12.3. The lowest BCUT2D eigenvalue weighted by Crippen LogP contribution is -2.10. The van der Waals surface area contributed by atoms with Crippen molar-refractivity contribution < 1.29 is 17.9 Å². The first kappa shape index (κ1) is 16.4. The molecule has 0 unspecified atom stereocenters. The molecule has 0 saturated carbocycles. The summed E-state index contributed by atoms with van der Waals surface area (Å²) in [4.78, 5) is 0. The fraction of sp³-hybridized carbons (Fsp3) is 0.333. The molecule has 0 bridgehead atoms. The molecule has 0 amide bonds. The van der Waals surface area contributed by atoms with Crippen molar-refractivity contribution in [2.75, 3.05) is 0 Å². The number of alkyl halides is 3. The molecule has 0 radical (unpaired) electrons. The number of hydrogen-bond donors (Lipinski definition) is 0. The van der Waals surface area contributed by atoms with Gasteiger partial charge in [-0.25, -0.2) is 0 Å². The molecule has 2 aromatic rings. The van der Waals surface area contributed by atoms with Crippen molar-refractivity contribution in [3.05, 3.63) is 65.2 Å². The Morgan fingerprint density at radius 1 is 0.864 bits per heavy atom. The van der Waals surface area contributed by atoms with E-state index in [1.807, 2.05) is 24.3 Å². The predicted molar refractivity (Wildman–Crippen MR) is 80.9 cm³/mol. The van der Waals surface area contributed by atoms with Crippen LogP contribution >= 0.6 is 0 Å². The fourth-order valence-corrected chi connectivity index (χ4v) is 2.06. The van der Waals surface area contributed by atoms with Gasteiger partial charge in [0.1, 0.15) is 12.4 Å². The highest BCUT2D eigenvalue weighted by Gasteiger charge is 2.30. The third-order valence-electron chi connectivity index (χ3n) is 3.38. The van der Waals surface area contributed by atoms with Crippen LogP contribution in [0.25, 0.3) is 0 Å². The van der Waals surface area contributed by atoms with Gasteiger partial charge in [0.15, 0.2) is 0 Å². The molecule has 0 atom stereocenters. The maximum atomic E-state index is 12.6. The molecule has 0 aliphatic carbocycles. The average Bonchev–Trinajstić information content (AvgIpc) is 2.44. The Labute approximate surface area is 128 Å². The molecular weight excluding hydrogens is 289 g/mol. The highest BCUT2D eigenvalue weighted by Crippen LogP contribution is 2.30. The van der Waals surface area contributed by atoms with Gasteiger partial charge in [0.2, 0.25) is 0 Å². The van der Waals surface area contributed by atoms with Crippen LogP contribution in [-0.4, -0.2) is 0 Å². The van der Waals surface area contributed by atoms with Crippen molar-refractivity contribution in [3.63, 3.8) is 0 Å². The van der Waals surface area contributed by atoms with Gasteiger partial charge in [0.05, 0.1) is 5.56 Å². The summed E-state index contributed by atoms with van der Waals surface area (Å²) in [6.45, 7) is 6.46. The molecule has 0 aromatic heterocycles. The van der Waals surface area contributed by atoms with Gasteiger partial charge >= 0.3 is 6.18 Å². The Bertz CT molecular complexity index is 622. The maximum Gasteiger partial charge on any atom is 0.416 e. The molecule has 0 heterocycles. The number of ether oxygens (including phenoxy) is 1. The molecular formula is C18H19F3O. The van der Waals surface area contributed by atoms with Crippen LogP contribution in [0.4, 0.5) is 13.2 Å². The second-order valence-electron chi connectivity index (χ2n) is 6.26. The minimum Gasteiger partial charge on any atom is -0.489 e. The van der Waals surface area contributed by atoms with Crippen LogP contribution in [0.1, 0.15) is 37.5 Å². The molecule has 0 aliphatic heterocycles. The van der Waals surface area contributed by atoms with Crippen molar-refractivity contribution in [1.29, 1.82) is 0 Å². The molecule has 2 rings (SSSR count). The van der Waals surface area contributed by atoms with Crippen molar-refractivity contribution in [2.24, 2.45) is 0 Å². The predicted octanol–water partition coefficient (Wildman–Crippen LogP) is 5.58. The van der Waals surface area contributed by atoms with E-state index in [0.29, 0.717) is 11.3 Å². The topological polar surface area (TPSA) is 9.23 Å². The molecule has 0 aliphatic rings. The minimum atomic E-state index is -4.33. The Kier molecular flexibility index (Phi) is 4.50. The molecule has 118 valence electrons. The van der Waals surface area contributed by atoms with Crippen LogP contribution in [0.2, 0.25) is 0 Å². The zero-order chi connectivity index (χ0) is 16.4. The Morgan fingerprint density at radius 2 is 1.50 bits per heavy atom. The molecule has 0 N–H and O–H groups in total. The lowest BCUT2D eigenvalue weighted by Gasteiger charge is -2.19.